The minimum atomic E-state index is -0.298. The zero-order valence-electron chi connectivity index (χ0n) is 10.5. The second-order valence-electron chi connectivity index (χ2n) is 4.03. The number of aryl methyl sites for hydroxylation is 1. The Morgan fingerprint density at radius 2 is 2.24 bits per heavy atom. The molecule has 6 nitrogen and oxygen atoms in total. The minimum absolute atomic E-state index is 0.0302. The molecule has 6 heteroatoms. The molecule has 0 spiro atoms. The second kappa shape index (κ2) is 5.47. The third-order valence-corrected chi connectivity index (χ3v) is 2.04. The van der Waals surface area contributed by atoms with Gasteiger partial charge in [-0.3, -0.25) is 14.2 Å². The second-order valence-corrected chi connectivity index (χ2v) is 4.03. The molecule has 1 heterocycles. The Kier molecular flexibility index (Phi) is 4.25. The van der Waals surface area contributed by atoms with E-state index in [9.17, 15) is 9.59 Å². The third kappa shape index (κ3) is 3.58. The van der Waals surface area contributed by atoms with Gasteiger partial charge in [-0.05, 0) is 20.8 Å². The van der Waals surface area contributed by atoms with Crippen LogP contribution < -0.4 is 15.6 Å². The van der Waals surface area contributed by atoms with E-state index >= 15 is 0 Å². The van der Waals surface area contributed by atoms with Gasteiger partial charge in [0.15, 0.2) is 0 Å². The van der Waals surface area contributed by atoms with Crippen molar-refractivity contribution < 1.29 is 9.53 Å². The van der Waals surface area contributed by atoms with E-state index < -0.39 is 0 Å². The van der Waals surface area contributed by atoms with Gasteiger partial charge in [-0.25, -0.2) is 4.98 Å². The molecule has 1 amide bonds. The first-order chi connectivity index (χ1) is 7.93. The van der Waals surface area contributed by atoms with Crippen molar-refractivity contribution in [3.8, 4) is 6.01 Å². The minimum Gasteiger partial charge on any atom is -0.468 e. The number of hydrogen-bond donors (Lipinski definition) is 1. The molecule has 1 N–H and O–H groups in total. The predicted octanol–water partition coefficient (Wildman–Crippen LogP) is 0.0849. The fraction of sp³-hybridized carbons (Fsp3) is 0.545. The van der Waals surface area contributed by atoms with Gasteiger partial charge in [0.25, 0.3) is 11.6 Å². The fourth-order valence-corrected chi connectivity index (χ4v) is 1.41. The summed E-state index contributed by atoms with van der Waals surface area (Å²) in [5.74, 6) is -0.244. The summed E-state index contributed by atoms with van der Waals surface area (Å²) in [4.78, 5) is 27.3. The number of rotatable bonds is 4. The Morgan fingerprint density at radius 1 is 1.59 bits per heavy atom. The molecule has 0 radical (unpaired) electrons. The highest BCUT2D eigenvalue weighted by Gasteiger charge is 2.11. The van der Waals surface area contributed by atoms with Gasteiger partial charge >= 0.3 is 0 Å². The monoisotopic (exact) mass is 239 g/mol. The first-order valence-corrected chi connectivity index (χ1v) is 5.36. The van der Waals surface area contributed by atoms with E-state index in [-0.39, 0.29) is 30.1 Å². The van der Waals surface area contributed by atoms with Crippen molar-refractivity contribution in [2.24, 2.45) is 0 Å². The quantitative estimate of drug-likeness (QED) is 0.808. The number of carbonyl (C=O) groups excluding carboxylic acids is 1. The molecule has 0 atom stereocenters. The van der Waals surface area contributed by atoms with Crippen LogP contribution in [0.3, 0.4) is 0 Å². The van der Waals surface area contributed by atoms with Crippen molar-refractivity contribution in [1.29, 1.82) is 0 Å². The lowest BCUT2D eigenvalue weighted by Crippen LogP contribution is -2.36. The van der Waals surface area contributed by atoms with E-state index in [4.69, 9.17) is 4.74 Å². The normalized spacial score (nSPS) is 10.4. The standard InChI is InChI=1S/C11H17N3O3/c1-7(2)12-9(15)6-14-10(16)5-8(3)13-11(14)17-4/h5,7H,6H2,1-4H3,(H,12,15). The highest BCUT2D eigenvalue weighted by Crippen LogP contribution is 2.03. The number of amides is 1. The average Bonchev–Trinajstić information content (AvgIpc) is 2.20. The Bertz CT molecular complexity index is 466. The smallest absolute Gasteiger partial charge is 0.299 e. The zero-order chi connectivity index (χ0) is 13.0. The van der Waals surface area contributed by atoms with Crippen molar-refractivity contribution in [3.05, 3.63) is 22.1 Å². The first kappa shape index (κ1) is 13.2. The van der Waals surface area contributed by atoms with E-state index in [2.05, 4.69) is 10.3 Å². The summed E-state index contributed by atoms with van der Waals surface area (Å²) in [7, 11) is 1.41. The molecule has 0 aliphatic heterocycles. The molecule has 0 saturated heterocycles. The lowest BCUT2D eigenvalue weighted by molar-refractivity contribution is -0.122. The molecular formula is C11H17N3O3. The van der Waals surface area contributed by atoms with E-state index in [1.54, 1.807) is 6.92 Å². The number of methoxy groups -OCH3 is 1. The molecular weight excluding hydrogens is 222 g/mol. The van der Waals surface area contributed by atoms with Crippen molar-refractivity contribution in [1.82, 2.24) is 14.9 Å². The Labute approximate surface area is 99.6 Å². The van der Waals surface area contributed by atoms with Gasteiger partial charge in [-0.15, -0.1) is 0 Å². The van der Waals surface area contributed by atoms with E-state index in [1.807, 2.05) is 13.8 Å². The van der Waals surface area contributed by atoms with Gasteiger partial charge in [-0.2, -0.15) is 0 Å². The maximum atomic E-state index is 11.7. The number of ether oxygens (including phenoxy) is 1. The van der Waals surface area contributed by atoms with Crippen LogP contribution in [-0.2, 0) is 11.3 Å². The van der Waals surface area contributed by atoms with Crippen LogP contribution in [-0.4, -0.2) is 28.6 Å². The van der Waals surface area contributed by atoms with Crippen LogP contribution in [0.5, 0.6) is 6.01 Å². The molecule has 94 valence electrons. The van der Waals surface area contributed by atoms with E-state index in [0.29, 0.717) is 5.69 Å². The summed E-state index contributed by atoms with van der Waals surface area (Å²) in [6, 6.07) is 1.54. The predicted molar refractivity (Wildman–Crippen MR) is 63.1 cm³/mol. The molecule has 0 aliphatic carbocycles. The summed E-state index contributed by atoms with van der Waals surface area (Å²) < 4.78 is 6.18. The number of aromatic nitrogens is 2. The van der Waals surface area contributed by atoms with Crippen LogP contribution in [0.4, 0.5) is 0 Å². The first-order valence-electron chi connectivity index (χ1n) is 5.36. The van der Waals surface area contributed by atoms with E-state index in [0.717, 1.165) is 0 Å². The topological polar surface area (TPSA) is 73.2 Å². The van der Waals surface area contributed by atoms with Crippen LogP contribution in [0.25, 0.3) is 0 Å². The zero-order valence-corrected chi connectivity index (χ0v) is 10.5. The summed E-state index contributed by atoms with van der Waals surface area (Å²) >= 11 is 0. The van der Waals surface area contributed by atoms with Crippen molar-refractivity contribution in [3.63, 3.8) is 0 Å². The lowest BCUT2D eigenvalue weighted by atomic mass is 10.4. The Balaban J connectivity index is 2.98. The third-order valence-electron chi connectivity index (χ3n) is 2.04. The van der Waals surface area contributed by atoms with Crippen molar-refractivity contribution in [2.45, 2.75) is 33.4 Å². The highest BCUT2D eigenvalue weighted by atomic mass is 16.5. The molecule has 0 aromatic carbocycles. The maximum absolute atomic E-state index is 11.7. The van der Waals surface area contributed by atoms with Crippen LogP contribution in [0.1, 0.15) is 19.5 Å². The molecule has 0 aliphatic rings. The number of nitrogens with one attached hydrogen (secondary N) is 1. The summed E-state index contributed by atoms with van der Waals surface area (Å²) in [6.07, 6.45) is 0. The van der Waals surface area contributed by atoms with Gasteiger partial charge in [0, 0.05) is 17.8 Å². The highest BCUT2D eigenvalue weighted by molar-refractivity contribution is 5.76. The van der Waals surface area contributed by atoms with Gasteiger partial charge < -0.3 is 10.1 Å². The molecule has 17 heavy (non-hydrogen) atoms. The van der Waals surface area contributed by atoms with Crippen LogP contribution in [0.15, 0.2) is 10.9 Å². The molecule has 1 aromatic rings. The van der Waals surface area contributed by atoms with Crippen molar-refractivity contribution in [2.75, 3.05) is 7.11 Å². The molecule has 1 rings (SSSR count). The molecule has 0 bridgehead atoms. The largest absolute Gasteiger partial charge is 0.468 e. The van der Waals surface area contributed by atoms with Crippen molar-refractivity contribution >= 4 is 5.91 Å². The SMILES string of the molecule is COc1nc(C)cc(=O)n1CC(=O)NC(C)C. The molecule has 0 saturated carbocycles. The molecule has 1 aromatic heterocycles. The van der Waals surface area contributed by atoms with Crippen LogP contribution >= 0.6 is 0 Å². The number of nitrogens with zero attached hydrogens (tertiary/aromatic N) is 2. The van der Waals surface area contributed by atoms with Crippen LogP contribution in [0, 0.1) is 6.92 Å². The number of hydrogen-bond acceptors (Lipinski definition) is 4. The maximum Gasteiger partial charge on any atom is 0.299 e. The summed E-state index contributed by atoms with van der Waals surface area (Å²) in [6.45, 7) is 5.31. The lowest BCUT2D eigenvalue weighted by Gasteiger charge is -2.12. The van der Waals surface area contributed by atoms with Gasteiger partial charge in [0.1, 0.15) is 6.54 Å². The van der Waals surface area contributed by atoms with Gasteiger partial charge in [0.05, 0.1) is 7.11 Å². The van der Waals surface area contributed by atoms with E-state index in [1.165, 1.54) is 17.7 Å². The summed E-state index contributed by atoms with van der Waals surface area (Å²) in [5, 5.41) is 2.70. The van der Waals surface area contributed by atoms with Gasteiger partial charge in [-0.1, -0.05) is 0 Å². The van der Waals surface area contributed by atoms with Crippen LogP contribution in [0.2, 0.25) is 0 Å². The molecule has 0 fully saturated rings. The Hall–Kier alpha value is -1.85. The fourth-order valence-electron chi connectivity index (χ4n) is 1.41. The Morgan fingerprint density at radius 3 is 2.76 bits per heavy atom. The molecule has 0 unspecified atom stereocenters. The van der Waals surface area contributed by atoms with Gasteiger partial charge in [0.2, 0.25) is 5.91 Å². The summed E-state index contributed by atoms with van der Waals surface area (Å²) in [5.41, 5.74) is 0.264. The number of carbonyl (C=O) groups is 1. The average molecular weight is 239 g/mol.